The van der Waals surface area contributed by atoms with Crippen LogP contribution in [0.4, 0.5) is 17.6 Å². The first-order chi connectivity index (χ1) is 20.0. The lowest BCUT2D eigenvalue weighted by Crippen LogP contribution is -2.60. The van der Waals surface area contributed by atoms with E-state index in [0.29, 0.717) is 30.6 Å². The first-order valence-corrected chi connectivity index (χ1v) is 13.8. The molecule has 3 aromatic rings. The van der Waals surface area contributed by atoms with Crippen LogP contribution in [0.2, 0.25) is 0 Å². The maximum absolute atomic E-state index is 13.9. The van der Waals surface area contributed by atoms with Gasteiger partial charge in [0.1, 0.15) is 6.10 Å². The standard InChI is InChI=1S/C30H33F4N3O5/c1-29(2)41-26-15-30(40-17-20-5-7-22(32)24(34)13-20,28(38)36-8-3-10-37-11-9-35-18-37)14-25(27(26)42-29)39-16-19-4-6-21(31)23(33)12-19/h4-7,9,11-13,18,25-27H,3,8,10,14-17H2,1-2H3,(H,36,38)/t25-,26-,27+,30-/m1/s1. The van der Waals surface area contributed by atoms with Crippen LogP contribution in [0, 0.1) is 23.3 Å². The van der Waals surface area contributed by atoms with Gasteiger partial charge in [0.25, 0.3) is 5.91 Å². The van der Waals surface area contributed by atoms with Crippen molar-refractivity contribution in [2.45, 2.75) is 82.6 Å². The molecule has 1 aliphatic heterocycles. The maximum Gasteiger partial charge on any atom is 0.252 e. The maximum atomic E-state index is 13.9. The fraction of sp³-hybridized carbons (Fsp3) is 0.467. The summed E-state index contributed by atoms with van der Waals surface area (Å²) in [7, 11) is 0. The van der Waals surface area contributed by atoms with Gasteiger partial charge in [0.05, 0.1) is 31.7 Å². The molecule has 1 saturated heterocycles. The van der Waals surface area contributed by atoms with Gasteiger partial charge in [-0.1, -0.05) is 12.1 Å². The van der Waals surface area contributed by atoms with Crippen molar-refractivity contribution in [3.05, 3.63) is 89.5 Å². The number of benzene rings is 2. The smallest absolute Gasteiger partial charge is 0.252 e. The van der Waals surface area contributed by atoms with Crippen LogP contribution in [0.1, 0.15) is 44.2 Å². The van der Waals surface area contributed by atoms with Crippen LogP contribution in [0.5, 0.6) is 0 Å². The van der Waals surface area contributed by atoms with E-state index in [-0.39, 0.29) is 26.1 Å². The lowest BCUT2D eigenvalue weighted by molar-refractivity contribution is -0.183. The molecule has 4 atom stereocenters. The third-order valence-electron chi connectivity index (χ3n) is 7.45. The van der Waals surface area contributed by atoms with Gasteiger partial charge in [-0.25, -0.2) is 22.5 Å². The van der Waals surface area contributed by atoms with Crippen LogP contribution in [0.3, 0.4) is 0 Å². The van der Waals surface area contributed by atoms with Crippen LogP contribution in [-0.4, -0.2) is 51.7 Å². The first kappa shape index (κ1) is 30.1. The molecule has 8 nitrogen and oxygen atoms in total. The summed E-state index contributed by atoms with van der Waals surface area (Å²) in [5, 5.41) is 2.95. The van der Waals surface area contributed by atoms with Crippen molar-refractivity contribution >= 4 is 5.91 Å². The van der Waals surface area contributed by atoms with E-state index in [1.54, 1.807) is 26.4 Å². The molecule has 0 radical (unpaired) electrons. The zero-order valence-electron chi connectivity index (χ0n) is 23.3. The van der Waals surface area contributed by atoms with Gasteiger partial charge in [-0.05, 0) is 55.7 Å². The van der Waals surface area contributed by atoms with Crippen LogP contribution in [0.15, 0.2) is 55.1 Å². The number of nitrogens with one attached hydrogen (secondary N) is 1. The summed E-state index contributed by atoms with van der Waals surface area (Å²) in [4.78, 5) is 17.9. The van der Waals surface area contributed by atoms with Crippen molar-refractivity contribution < 1.29 is 41.3 Å². The van der Waals surface area contributed by atoms with Gasteiger partial charge in [0, 0.05) is 38.3 Å². The minimum Gasteiger partial charge on any atom is -0.371 e. The summed E-state index contributed by atoms with van der Waals surface area (Å²) in [6, 6.07) is 6.88. The molecule has 1 aliphatic carbocycles. The van der Waals surface area contributed by atoms with Gasteiger partial charge in [-0.3, -0.25) is 4.79 Å². The van der Waals surface area contributed by atoms with E-state index in [2.05, 4.69) is 10.3 Å². The van der Waals surface area contributed by atoms with E-state index in [1.165, 1.54) is 12.1 Å². The Bertz CT molecular complexity index is 1390. The number of aryl methyl sites for hydroxylation is 1. The van der Waals surface area contributed by atoms with E-state index in [4.69, 9.17) is 18.9 Å². The number of amides is 1. The van der Waals surface area contributed by atoms with Crippen LogP contribution >= 0.6 is 0 Å². The second kappa shape index (κ2) is 12.5. The van der Waals surface area contributed by atoms with Gasteiger partial charge in [0.2, 0.25) is 0 Å². The van der Waals surface area contributed by atoms with Crippen molar-refractivity contribution in [2.24, 2.45) is 0 Å². The number of ether oxygens (including phenoxy) is 4. The molecule has 2 aliphatic rings. The van der Waals surface area contributed by atoms with E-state index in [1.807, 2.05) is 10.8 Å². The van der Waals surface area contributed by atoms with E-state index >= 15 is 0 Å². The molecule has 2 aromatic carbocycles. The lowest BCUT2D eigenvalue weighted by Gasteiger charge is -2.43. The molecule has 1 saturated carbocycles. The minimum absolute atomic E-state index is 0.0360. The summed E-state index contributed by atoms with van der Waals surface area (Å²) in [6.45, 7) is 4.21. The third kappa shape index (κ3) is 7.00. The summed E-state index contributed by atoms with van der Waals surface area (Å²) >= 11 is 0. The summed E-state index contributed by atoms with van der Waals surface area (Å²) in [6.07, 6.45) is 4.04. The molecular weight excluding hydrogens is 558 g/mol. The highest BCUT2D eigenvalue weighted by Crippen LogP contribution is 2.44. The second-order valence-electron chi connectivity index (χ2n) is 11.1. The number of carbonyl (C=O) groups is 1. The van der Waals surface area contributed by atoms with E-state index < -0.39 is 58.9 Å². The van der Waals surface area contributed by atoms with Crippen molar-refractivity contribution in [3.63, 3.8) is 0 Å². The topological polar surface area (TPSA) is 83.8 Å². The highest BCUT2D eigenvalue weighted by Gasteiger charge is 2.58. The van der Waals surface area contributed by atoms with Gasteiger partial charge >= 0.3 is 0 Å². The van der Waals surface area contributed by atoms with Crippen molar-refractivity contribution in [3.8, 4) is 0 Å². The molecule has 12 heteroatoms. The molecule has 1 aromatic heterocycles. The van der Waals surface area contributed by atoms with Gasteiger partial charge < -0.3 is 28.8 Å². The molecule has 0 unspecified atom stereocenters. The normalized spacial score (nSPS) is 24.9. The van der Waals surface area contributed by atoms with Gasteiger partial charge in [-0.15, -0.1) is 0 Å². The molecule has 226 valence electrons. The monoisotopic (exact) mass is 591 g/mol. The average Bonchev–Trinajstić information content (AvgIpc) is 3.58. The van der Waals surface area contributed by atoms with E-state index in [9.17, 15) is 22.4 Å². The predicted molar refractivity (Wildman–Crippen MR) is 142 cm³/mol. The number of hydrogen-bond donors (Lipinski definition) is 1. The molecule has 0 bridgehead atoms. The molecule has 2 fully saturated rings. The summed E-state index contributed by atoms with van der Waals surface area (Å²) < 4.78 is 81.4. The molecule has 42 heavy (non-hydrogen) atoms. The Morgan fingerprint density at radius 3 is 2.33 bits per heavy atom. The Labute approximate surface area is 240 Å². The third-order valence-corrected chi connectivity index (χ3v) is 7.45. The number of rotatable bonds is 11. The lowest BCUT2D eigenvalue weighted by atomic mass is 9.78. The highest BCUT2D eigenvalue weighted by atomic mass is 19.2. The number of fused-ring (bicyclic) bond motifs is 1. The SMILES string of the molecule is CC1(C)O[C@H]2[C@H](OCc3ccc(F)c(F)c3)C[C@](OCc3ccc(F)c(F)c3)(C(=O)NCCCn3ccnc3)C[C@H]2O1. The van der Waals surface area contributed by atoms with Crippen LogP contribution in [-0.2, 0) is 43.5 Å². The predicted octanol–water partition coefficient (Wildman–Crippen LogP) is 4.80. The zero-order valence-corrected chi connectivity index (χ0v) is 23.3. The zero-order chi connectivity index (χ0) is 29.9. The number of aromatic nitrogens is 2. The fourth-order valence-electron chi connectivity index (χ4n) is 5.44. The van der Waals surface area contributed by atoms with Crippen molar-refractivity contribution in [1.82, 2.24) is 14.9 Å². The average molecular weight is 592 g/mol. The number of imidazole rings is 1. The van der Waals surface area contributed by atoms with Crippen molar-refractivity contribution in [2.75, 3.05) is 6.54 Å². The fourth-order valence-corrected chi connectivity index (χ4v) is 5.44. The van der Waals surface area contributed by atoms with Crippen LogP contribution in [0.25, 0.3) is 0 Å². The van der Waals surface area contributed by atoms with E-state index in [0.717, 1.165) is 24.3 Å². The van der Waals surface area contributed by atoms with Gasteiger partial charge in [-0.2, -0.15) is 0 Å². The largest absolute Gasteiger partial charge is 0.371 e. The summed E-state index contributed by atoms with van der Waals surface area (Å²) in [5.41, 5.74) is -0.748. The second-order valence-corrected chi connectivity index (χ2v) is 11.1. The number of hydrogen-bond acceptors (Lipinski definition) is 6. The Hall–Kier alpha value is -3.32. The summed E-state index contributed by atoms with van der Waals surface area (Å²) in [5.74, 6) is -5.38. The quantitative estimate of drug-likeness (QED) is 0.255. The Balaban J connectivity index is 1.37. The van der Waals surface area contributed by atoms with Crippen LogP contribution < -0.4 is 5.32 Å². The van der Waals surface area contributed by atoms with Crippen molar-refractivity contribution in [1.29, 1.82) is 0 Å². The molecular formula is C30H33F4N3O5. The molecule has 0 spiro atoms. The molecule has 2 heterocycles. The number of nitrogens with zero attached hydrogens (tertiary/aromatic N) is 2. The first-order valence-electron chi connectivity index (χ1n) is 13.8. The molecule has 5 rings (SSSR count). The Kier molecular flexibility index (Phi) is 8.97. The Morgan fingerprint density at radius 1 is 1.00 bits per heavy atom. The highest BCUT2D eigenvalue weighted by molar-refractivity contribution is 5.85. The Morgan fingerprint density at radius 2 is 1.69 bits per heavy atom. The number of carbonyl (C=O) groups excluding carboxylic acids is 1. The molecule has 1 N–H and O–H groups in total. The minimum atomic E-state index is -1.48. The molecule has 1 amide bonds. The van der Waals surface area contributed by atoms with Gasteiger partial charge in [0.15, 0.2) is 34.7 Å². The number of halogens is 4.